The number of nitrogens with one attached hydrogen (secondary N) is 1. The lowest BCUT2D eigenvalue weighted by Gasteiger charge is -2.19. The van der Waals surface area contributed by atoms with Crippen molar-refractivity contribution >= 4 is 29.6 Å². The Kier molecular flexibility index (Phi) is 7.15. The number of aryl methyl sites for hydroxylation is 1. The number of benzene rings is 1. The molecule has 0 bridgehead atoms. The van der Waals surface area contributed by atoms with Crippen molar-refractivity contribution in [3.8, 4) is 10.4 Å². The van der Waals surface area contributed by atoms with Gasteiger partial charge in [0.1, 0.15) is 11.4 Å². The smallest absolute Gasteiger partial charge is 0.293 e. The van der Waals surface area contributed by atoms with Crippen LogP contribution in [0.1, 0.15) is 51.8 Å². The quantitative estimate of drug-likeness (QED) is 0.705. The van der Waals surface area contributed by atoms with Gasteiger partial charge in [0.2, 0.25) is 0 Å². The van der Waals surface area contributed by atoms with E-state index in [1.807, 2.05) is 52.3 Å². The fourth-order valence-corrected chi connectivity index (χ4v) is 4.65. The lowest BCUT2D eigenvalue weighted by Crippen LogP contribution is -2.42. The number of likely N-dealkylation sites (N-methyl/N-ethyl adjacent to an activating group) is 1. The van der Waals surface area contributed by atoms with Crippen LogP contribution in [0.2, 0.25) is 0 Å². The number of aliphatic imine (C=N–C) groups is 1. The molecule has 2 aliphatic rings. The van der Waals surface area contributed by atoms with E-state index in [9.17, 15) is 9.59 Å². The first-order valence-electron chi connectivity index (χ1n) is 10.8. The van der Waals surface area contributed by atoms with E-state index in [4.69, 9.17) is 4.99 Å². The molecule has 0 aliphatic carbocycles. The van der Waals surface area contributed by atoms with E-state index >= 15 is 0 Å². The zero-order valence-corrected chi connectivity index (χ0v) is 20.5. The Bertz CT molecular complexity index is 993. The number of amidine groups is 1. The van der Waals surface area contributed by atoms with Crippen LogP contribution in [0.15, 0.2) is 34.8 Å². The first kappa shape index (κ1) is 24.1. The Morgan fingerprint density at radius 3 is 2.44 bits per heavy atom. The number of hydrogen-bond donors (Lipinski definition) is 1. The molecule has 8 heteroatoms. The highest BCUT2D eigenvalue weighted by atomic mass is 32.1. The van der Waals surface area contributed by atoms with Crippen molar-refractivity contribution in [2.75, 3.05) is 13.6 Å². The third-order valence-electron chi connectivity index (χ3n) is 5.72. The number of amides is 1. The molecule has 1 N–H and O–H groups in total. The van der Waals surface area contributed by atoms with Crippen LogP contribution >= 0.6 is 11.3 Å². The van der Waals surface area contributed by atoms with Crippen LogP contribution in [0.4, 0.5) is 0 Å². The van der Waals surface area contributed by atoms with Gasteiger partial charge in [-0.15, -0.1) is 11.3 Å². The minimum Gasteiger partial charge on any atom is -0.462 e. The Labute approximate surface area is 193 Å². The van der Waals surface area contributed by atoms with Gasteiger partial charge in [-0.25, -0.2) is 9.98 Å². The third kappa shape index (κ3) is 5.24. The van der Waals surface area contributed by atoms with Crippen molar-refractivity contribution in [1.29, 1.82) is 0 Å². The molecule has 0 spiro atoms. The summed E-state index contributed by atoms with van der Waals surface area (Å²) in [6, 6.07) is 8.37. The number of thiazole rings is 1. The molecule has 1 aromatic heterocycles. The minimum absolute atomic E-state index is 0.0375. The summed E-state index contributed by atoms with van der Waals surface area (Å²) in [6.45, 7) is 10.9. The second kappa shape index (κ2) is 9.50. The van der Waals surface area contributed by atoms with Gasteiger partial charge in [0.25, 0.3) is 12.4 Å². The molecule has 32 heavy (non-hydrogen) atoms. The van der Waals surface area contributed by atoms with E-state index in [1.54, 1.807) is 11.3 Å². The zero-order chi connectivity index (χ0) is 23.5. The first-order chi connectivity index (χ1) is 15.0. The number of ether oxygens (including phenoxy) is 1. The molecule has 1 amide bonds. The van der Waals surface area contributed by atoms with E-state index in [1.165, 1.54) is 4.88 Å². The van der Waals surface area contributed by atoms with Crippen LogP contribution in [-0.2, 0) is 19.9 Å². The number of carbonyl (C=O) groups excluding carboxylic acids is 2. The van der Waals surface area contributed by atoms with Gasteiger partial charge >= 0.3 is 0 Å². The number of aromatic nitrogens is 1. The van der Waals surface area contributed by atoms with E-state index in [-0.39, 0.29) is 17.6 Å². The molecule has 0 radical (unpaired) electrons. The monoisotopic (exact) mass is 456 g/mol. The van der Waals surface area contributed by atoms with E-state index in [0.717, 1.165) is 42.0 Å². The lowest BCUT2D eigenvalue weighted by atomic mass is 9.91. The molecule has 2 aromatic rings. The Balaban J connectivity index is 0.000000360. The van der Waals surface area contributed by atoms with Gasteiger partial charge in [-0.05, 0) is 72.2 Å². The summed E-state index contributed by atoms with van der Waals surface area (Å²) in [6.07, 6.45) is 2.20. The third-order valence-corrected chi connectivity index (χ3v) is 6.70. The van der Waals surface area contributed by atoms with E-state index < -0.39 is 5.54 Å². The van der Waals surface area contributed by atoms with Crippen LogP contribution < -0.4 is 5.32 Å². The number of carbonyl (C=O) groups is 2. The second-order valence-corrected chi connectivity index (χ2v) is 10.2. The van der Waals surface area contributed by atoms with Crippen LogP contribution in [0.25, 0.3) is 10.4 Å². The van der Waals surface area contributed by atoms with Crippen molar-refractivity contribution in [2.24, 2.45) is 4.99 Å². The van der Waals surface area contributed by atoms with E-state index in [0.29, 0.717) is 6.47 Å². The van der Waals surface area contributed by atoms with E-state index in [2.05, 4.69) is 39.1 Å². The normalized spacial score (nSPS) is 23.2. The molecule has 7 nitrogen and oxygen atoms in total. The van der Waals surface area contributed by atoms with Crippen LogP contribution in [0, 0.1) is 6.92 Å². The highest BCUT2D eigenvalue weighted by Gasteiger charge is 2.43. The number of hydrogen-bond acceptors (Lipinski definition) is 7. The van der Waals surface area contributed by atoms with Gasteiger partial charge < -0.3 is 10.1 Å². The zero-order valence-electron chi connectivity index (χ0n) is 19.6. The van der Waals surface area contributed by atoms with Crippen molar-refractivity contribution in [3.05, 3.63) is 41.0 Å². The summed E-state index contributed by atoms with van der Waals surface area (Å²) < 4.78 is 4.55. The molecular formula is C24H32N4O3S. The van der Waals surface area contributed by atoms with Gasteiger partial charge in [0.05, 0.1) is 22.1 Å². The van der Waals surface area contributed by atoms with Crippen molar-refractivity contribution in [3.63, 3.8) is 0 Å². The van der Waals surface area contributed by atoms with Crippen molar-refractivity contribution in [2.45, 2.75) is 64.6 Å². The highest BCUT2D eigenvalue weighted by molar-refractivity contribution is 7.13. The Morgan fingerprint density at radius 2 is 1.97 bits per heavy atom. The molecule has 2 atom stereocenters. The Hall–Kier alpha value is -2.58. The average molecular weight is 457 g/mol. The average Bonchev–Trinajstić information content (AvgIpc) is 3.41. The van der Waals surface area contributed by atoms with Crippen LogP contribution in [-0.4, -0.2) is 53.3 Å². The maximum Gasteiger partial charge on any atom is 0.293 e. The molecular weight excluding hydrogens is 424 g/mol. The predicted molar refractivity (Wildman–Crippen MR) is 128 cm³/mol. The largest absolute Gasteiger partial charge is 0.462 e. The molecule has 1 fully saturated rings. The predicted octanol–water partition coefficient (Wildman–Crippen LogP) is 3.91. The molecule has 3 heterocycles. The van der Waals surface area contributed by atoms with Gasteiger partial charge in [0, 0.05) is 0 Å². The summed E-state index contributed by atoms with van der Waals surface area (Å²) >= 11 is 1.63. The first-order valence-corrected chi connectivity index (χ1v) is 11.7. The molecule has 1 saturated heterocycles. The summed E-state index contributed by atoms with van der Waals surface area (Å²) in [5.74, 6) is 0.777. The van der Waals surface area contributed by atoms with Gasteiger partial charge in [-0.3, -0.25) is 14.5 Å². The number of rotatable bonds is 4. The number of nitrogens with zero attached hydrogens (tertiary/aromatic N) is 3. The molecule has 0 saturated carbocycles. The number of likely N-dealkylation sites (tertiary alicyclic amines) is 1. The molecule has 2 aliphatic heterocycles. The molecule has 1 aromatic carbocycles. The Morgan fingerprint density at radius 1 is 1.28 bits per heavy atom. The SMILES string of the molecule is CC(C)(C)OC=O.Cc1ncsc1-c1ccc(C2(C)N=C(C3CCCN3C)NC2=O)cc1. The fourth-order valence-electron chi connectivity index (χ4n) is 3.84. The topological polar surface area (TPSA) is 83.9 Å². The van der Waals surface area contributed by atoms with Crippen LogP contribution in [0.3, 0.4) is 0 Å². The maximum absolute atomic E-state index is 12.7. The lowest BCUT2D eigenvalue weighted by molar-refractivity contribution is -0.138. The fraction of sp³-hybridized carbons (Fsp3) is 0.500. The summed E-state index contributed by atoms with van der Waals surface area (Å²) in [5, 5.41) is 3.03. The summed E-state index contributed by atoms with van der Waals surface area (Å²) in [4.78, 5) is 34.8. The van der Waals surface area contributed by atoms with Gasteiger partial charge in [-0.1, -0.05) is 24.3 Å². The molecule has 2 unspecified atom stereocenters. The maximum atomic E-state index is 12.7. The summed E-state index contributed by atoms with van der Waals surface area (Å²) in [5.41, 5.74) is 3.78. The van der Waals surface area contributed by atoms with Gasteiger partial charge in [-0.2, -0.15) is 0 Å². The standard InChI is InChI=1S/C19H22N4OS.C5H10O2/c1-12-16(25-11-20-12)13-6-8-14(9-7-13)19(2)18(24)21-17(22-19)15-5-4-10-23(15)3;1-5(2,3)7-4-6/h6-9,11,15H,4-5,10H2,1-3H3,(H,21,22,24);4H,1-3H3. The second-order valence-electron chi connectivity index (χ2n) is 9.33. The minimum atomic E-state index is -0.847. The molecule has 172 valence electrons. The van der Waals surface area contributed by atoms with Crippen LogP contribution in [0.5, 0.6) is 0 Å². The van der Waals surface area contributed by atoms with Crippen molar-refractivity contribution in [1.82, 2.24) is 15.2 Å². The molecule has 4 rings (SSSR count). The summed E-state index contributed by atoms with van der Waals surface area (Å²) in [7, 11) is 2.09. The van der Waals surface area contributed by atoms with Gasteiger partial charge in [0.15, 0.2) is 5.54 Å². The highest BCUT2D eigenvalue weighted by Crippen LogP contribution is 2.34. The van der Waals surface area contributed by atoms with Crippen molar-refractivity contribution < 1.29 is 14.3 Å².